The van der Waals surface area contributed by atoms with E-state index in [1.807, 2.05) is 78.2 Å². The monoisotopic (exact) mass is 1080 g/mol. The number of hydrogen-bond donors (Lipinski definition) is 8. The van der Waals surface area contributed by atoms with Gasteiger partial charge in [0.05, 0.1) is 63.6 Å². The lowest BCUT2D eigenvalue weighted by atomic mass is 10.1. The van der Waals surface area contributed by atoms with E-state index in [1.165, 1.54) is 5.56 Å². The molecule has 5 rings (SSSR count). The number of benzene rings is 2. The van der Waals surface area contributed by atoms with Crippen LogP contribution in [0.25, 0.3) is 16.3 Å². The first-order valence-electron chi connectivity index (χ1n) is 19.0. The zero-order chi connectivity index (χ0) is 52.4. The third-order valence-corrected chi connectivity index (χ3v) is 10.7. The maximum absolute atomic E-state index is 11.4. The maximum Gasteiger partial charge on any atom is 0.480 e. The number of imidazole rings is 1. The third kappa shape index (κ3) is 32.7. The first-order valence-corrected chi connectivity index (χ1v) is 23.0. The number of sulfonamides is 2. The fourth-order valence-corrected chi connectivity index (χ4v) is 6.02. The van der Waals surface area contributed by atoms with Crippen LogP contribution in [0.4, 0.5) is 26.3 Å². The molecule has 4 aromatic rings. The minimum Gasteiger partial charge on any atom is -0.421 e. The van der Waals surface area contributed by atoms with Crippen LogP contribution in [-0.4, -0.2) is 146 Å². The van der Waals surface area contributed by atoms with E-state index < -0.39 is 49.4 Å². The van der Waals surface area contributed by atoms with E-state index in [0.29, 0.717) is 19.0 Å². The lowest BCUT2D eigenvalue weighted by molar-refractivity contribution is -0.0444. The summed E-state index contributed by atoms with van der Waals surface area (Å²) < 4.78 is 111. The largest absolute Gasteiger partial charge is 0.480 e. The van der Waals surface area contributed by atoms with Crippen LogP contribution in [0.3, 0.4) is 0 Å². The van der Waals surface area contributed by atoms with Gasteiger partial charge < -0.3 is 54.1 Å². The Morgan fingerprint density at radius 2 is 1.17 bits per heavy atom. The topological polar surface area (TPSA) is 268 Å². The smallest absolute Gasteiger partial charge is 0.421 e. The maximum atomic E-state index is 11.4. The normalized spacial score (nSPS) is 12.8. The summed E-state index contributed by atoms with van der Waals surface area (Å²) in [6.07, 6.45) is 14.2. The Hall–Kier alpha value is -5.02. The van der Waals surface area contributed by atoms with Gasteiger partial charge in [-0.2, -0.15) is 26.3 Å². The Kier molecular flexibility index (Phi) is 39.5. The number of aliphatic hydroxyl groups excluding tert-OH is 6. The summed E-state index contributed by atoms with van der Waals surface area (Å²) in [6.45, 7) is 12.1. The van der Waals surface area contributed by atoms with Gasteiger partial charge in [0.15, 0.2) is 20.0 Å². The average Bonchev–Trinajstić information content (AvgIpc) is 4.13. The lowest BCUT2D eigenvalue weighted by Gasteiger charge is -2.22. The molecule has 3 atom stereocenters. The predicted octanol–water partition coefficient (Wildman–Crippen LogP) is 6.88. The van der Waals surface area contributed by atoms with Crippen molar-refractivity contribution in [2.45, 2.75) is 63.2 Å². The summed E-state index contributed by atoms with van der Waals surface area (Å²) >= 11 is 10.6. The van der Waals surface area contributed by atoms with Crippen LogP contribution in [0.2, 0.25) is 0 Å². The van der Waals surface area contributed by atoms with Crippen molar-refractivity contribution in [3.63, 3.8) is 0 Å². The van der Waals surface area contributed by atoms with Gasteiger partial charge >= 0.3 is 11.0 Å². The van der Waals surface area contributed by atoms with Crippen molar-refractivity contribution in [1.29, 1.82) is 5.41 Å². The van der Waals surface area contributed by atoms with E-state index in [2.05, 4.69) is 58.9 Å². The first-order chi connectivity index (χ1) is 31.8. The van der Waals surface area contributed by atoms with Crippen LogP contribution >= 0.6 is 23.2 Å². The molecular weight excluding hydrogens is 1020 g/mol. The van der Waals surface area contributed by atoms with E-state index in [0.717, 1.165) is 34.0 Å². The highest BCUT2D eigenvalue weighted by Crippen LogP contribution is 2.36. The van der Waals surface area contributed by atoms with Crippen molar-refractivity contribution in [2.24, 2.45) is 0 Å². The SMILES string of the molecule is C.C.C=C=N.C=Cc1ccc(CCl)cc1.C=Cc1ccc(CN2C=CN(CC(O)CO)C2)cc1.O=S(=O)([N-]S(=O)(=O)C(F)(F)F)C(F)(F)F.OCC(O)CCl.OCC(O)Cn1ccnc1.c1cc[nH]c1. The highest BCUT2D eigenvalue weighted by molar-refractivity contribution is 8.13. The van der Waals surface area contributed by atoms with Crippen molar-refractivity contribution in [3.05, 3.63) is 150 Å². The Labute approximate surface area is 415 Å². The molecule has 0 radical (unpaired) electrons. The van der Waals surface area contributed by atoms with Gasteiger partial charge in [-0.1, -0.05) is 88.7 Å². The quantitative estimate of drug-likeness (QED) is 0.0343. The molecule has 70 heavy (non-hydrogen) atoms. The number of aromatic amines is 1. The number of nitrogens with zero attached hydrogens (tertiary/aromatic N) is 5. The van der Waals surface area contributed by atoms with Gasteiger partial charge in [0.25, 0.3) is 0 Å². The summed E-state index contributed by atoms with van der Waals surface area (Å²) in [5.74, 6) is 2.44. The van der Waals surface area contributed by atoms with Gasteiger partial charge in [0, 0.05) is 56.2 Å². The number of nitrogens with one attached hydrogen (secondary N) is 2. The van der Waals surface area contributed by atoms with Crippen LogP contribution in [0.15, 0.2) is 124 Å². The Balaban J connectivity index is -0.000000384. The zero-order valence-corrected chi connectivity index (χ0v) is 39.2. The van der Waals surface area contributed by atoms with E-state index in [-0.39, 0.29) is 40.6 Å². The van der Waals surface area contributed by atoms with Crippen LogP contribution < -0.4 is 0 Å². The molecule has 3 heterocycles. The number of H-pyrrole nitrogens is 1. The zero-order valence-electron chi connectivity index (χ0n) is 36.1. The molecule has 2 aromatic carbocycles. The molecule has 8 N–H and O–H groups in total. The number of hydrogen-bond acceptors (Lipinski definition) is 14. The Bertz CT molecular complexity index is 2140. The third-order valence-electron chi connectivity index (χ3n) is 7.34. The second-order valence-electron chi connectivity index (χ2n) is 12.9. The molecule has 1 aliphatic rings. The van der Waals surface area contributed by atoms with E-state index in [4.69, 9.17) is 54.1 Å². The Morgan fingerprint density at radius 1 is 0.757 bits per heavy atom. The molecule has 3 unspecified atom stereocenters. The minimum atomic E-state index is -6.72. The van der Waals surface area contributed by atoms with Crippen molar-refractivity contribution < 1.29 is 73.8 Å². The molecule has 0 saturated heterocycles. The van der Waals surface area contributed by atoms with Crippen molar-refractivity contribution in [2.75, 3.05) is 38.9 Å². The standard InChI is InChI=1S/C15H20N2O2.C9H9Cl.C6H10N2O2.C4H5N.C3H7ClO2.C2F6NO4S2.C2H3N.2CH4/c1-2-13-3-5-14(6-4-13)9-16-7-8-17(12-16)10-15(19)11-18;1-2-8-3-5-9(7-10)6-4-8;9-4-6(10)3-8-2-1-7-5-8;1-2-4-5-3-1;4-1-3(6)2-5;3-1(4,5)14(10,11)9-15(12,13)2(6,7)8;1-2-3;;/h2-8,15,18-19H,1,9-12H2;2-6H,1,7H2;1-2,5-6,9-10H,3-4H2;1-5H;3,5-6H,1-2H2;;3H,1H2;2*1H4/q;;;;;-1;;;. The molecule has 0 saturated carbocycles. The molecule has 17 nitrogen and oxygen atoms in total. The highest BCUT2D eigenvalue weighted by atomic mass is 35.5. The van der Waals surface area contributed by atoms with Gasteiger partial charge in [-0.15, -0.1) is 23.2 Å². The van der Waals surface area contributed by atoms with E-state index in [1.54, 1.807) is 29.2 Å². The summed E-state index contributed by atoms with van der Waals surface area (Å²) in [6, 6.07) is 20.2. The second-order valence-corrected chi connectivity index (χ2v) is 16.9. The molecule has 0 spiro atoms. The van der Waals surface area contributed by atoms with Crippen LogP contribution in [0.1, 0.15) is 37.1 Å². The van der Waals surface area contributed by atoms with Crippen LogP contribution in [0.5, 0.6) is 0 Å². The van der Waals surface area contributed by atoms with Crippen LogP contribution in [0, 0.1) is 5.41 Å². The van der Waals surface area contributed by atoms with Crippen molar-refractivity contribution in [1.82, 2.24) is 24.3 Å². The lowest BCUT2D eigenvalue weighted by Crippen LogP contribution is -2.33. The molecule has 2 aromatic heterocycles. The number of rotatable bonds is 15. The van der Waals surface area contributed by atoms with E-state index in [9.17, 15) is 48.3 Å². The summed E-state index contributed by atoms with van der Waals surface area (Å²) in [5, 5.41) is 57.7. The molecule has 0 amide bonds. The number of aromatic nitrogens is 3. The second kappa shape index (κ2) is 38.7. The van der Waals surface area contributed by atoms with Gasteiger partial charge in [-0.05, 0) is 46.8 Å². The molecule has 398 valence electrons. The van der Waals surface area contributed by atoms with Crippen molar-refractivity contribution >= 4 is 61.3 Å². The summed E-state index contributed by atoms with van der Waals surface area (Å²) in [7, 11) is -13.4. The van der Waals surface area contributed by atoms with Crippen molar-refractivity contribution in [3.8, 4) is 0 Å². The number of halogens is 8. The number of β-amino-alcohol motifs (C(OH)–C–C–N with tert-alkyl or cyclic N) is 1. The van der Waals surface area contributed by atoms with Gasteiger partial charge in [-0.3, -0.25) is 5.41 Å². The number of alkyl halides is 8. The first kappa shape index (κ1) is 71.5. The van der Waals surface area contributed by atoms with Crippen LogP contribution in [-0.2, 0) is 39.0 Å². The molecule has 0 fully saturated rings. The predicted molar refractivity (Wildman–Crippen MR) is 262 cm³/mol. The molecule has 1 aliphatic heterocycles. The molecule has 27 heteroatoms. The van der Waals surface area contributed by atoms with Gasteiger partial charge in [-0.25, -0.2) is 21.8 Å². The molecule has 0 aliphatic carbocycles. The summed E-state index contributed by atoms with van der Waals surface area (Å²) in [4.78, 5) is 10.8. The fraction of sp³-hybridized carbons (Fsp3) is 0.372. The van der Waals surface area contributed by atoms with E-state index >= 15 is 0 Å². The summed E-state index contributed by atoms with van der Waals surface area (Å²) in [5.41, 5.74) is -7.77. The van der Waals surface area contributed by atoms with Gasteiger partial charge in [0.1, 0.15) is 0 Å². The van der Waals surface area contributed by atoms with Gasteiger partial charge in [0.2, 0.25) is 0 Å². The molecule has 0 bridgehead atoms. The highest BCUT2D eigenvalue weighted by Gasteiger charge is 2.47. The molecular formula is C43H62Cl2F6N7O10S2-. The minimum absolute atomic E-state index is 0. The average molecular weight is 1090 g/mol. The fourth-order valence-electron chi connectivity index (χ4n) is 4.04. The number of aliphatic hydroxyl groups is 6. The Morgan fingerprint density at radius 3 is 1.49 bits per heavy atom.